The molecule has 3 N–H and O–H groups in total. The van der Waals surface area contributed by atoms with Crippen LogP contribution in [0.5, 0.6) is 0 Å². The van der Waals surface area contributed by atoms with Gasteiger partial charge in [0.1, 0.15) is 18.4 Å². The number of nitrogens with zero attached hydrogens (tertiary/aromatic N) is 3. The van der Waals surface area contributed by atoms with Crippen LogP contribution in [0, 0.1) is 0 Å². The van der Waals surface area contributed by atoms with Gasteiger partial charge in [-0.25, -0.2) is 9.89 Å². The molecule has 0 radical (unpaired) electrons. The third-order valence-electron chi connectivity index (χ3n) is 2.42. The van der Waals surface area contributed by atoms with Crippen molar-refractivity contribution in [3.8, 4) is 0 Å². The van der Waals surface area contributed by atoms with E-state index in [1.807, 2.05) is 0 Å². The van der Waals surface area contributed by atoms with Crippen molar-refractivity contribution >= 4 is 23.8 Å². The van der Waals surface area contributed by atoms with E-state index in [-0.39, 0.29) is 12.5 Å². The van der Waals surface area contributed by atoms with Crippen molar-refractivity contribution in [2.24, 2.45) is 0 Å². The molecule has 0 saturated carbocycles. The summed E-state index contributed by atoms with van der Waals surface area (Å²) < 4.78 is 0. The van der Waals surface area contributed by atoms with Crippen LogP contribution in [-0.4, -0.2) is 50.0 Å². The van der Waals surface area contributed by atoms with Gasteiger partial charge in [-0.1, -0.05) is 0 Å². The van der Waals surface area contributed by atoms with Crippen LogP contribution >= 0.6 is 0 Å². The number of hydrogen-bond donors (Lipinski definition) is 3. The molecule has 1 aromatic rings. The predicted molar refractivity (Wildman–Crippen MR) is 59.3 cm³/mol. The molecule has 1 saturated heterocycles. The highest BCUT2D eigenvalue weighted by Crippen LogP contribution is 2.16. The monoisotopic (exact) mass is 252 g/mol. The first-order valence-electron chi connectivity index (χ1n) is 5.19. The lowest BCUT2D eigenvalue weighted by molar-refractivity contribution is -0.132. The Morgan fingerprint density at radius 2 is 2.22 bits per heavy atom. The molecule has 0 aliphatic carbocycles. The van der Waals surface area contributed by atoms with Gasteiger partial charge in [-0.3, -0.25) is 19.8 Å². The number of H-pyrrole nitrogens is 1. The zero-order valence-electron chi connectivity index (χ0n) is 9.85. The number of anilines is 1. The average molecular weight is 252 g/mol. The number of amides is 4. The zero-order chi connectivity index (χ0) is 13.3. The molecule has 9 nitrogen and oxygen atoms in total. The Hall–Kier alpha value is -2.45. The van der Waals surface area contributed by atoms with Crippen molar-refractivity contribution in [2.75, 3.05) is 11.9 Å². The second-order valence-corrected chi connectivity index (χ2v) is 4.33. The van der Waals surface area contributed by atoms with E-state index in [1.165, 1.54) is 6.33 Å². The van der Waals surface area contributed by atoms with E-state index in [2.05, 4.69) is 25.8 Å². The minimum atomic E-state index is -0.983. The summed E-state index contributed by atoms with van der Waals surface area (Å²) in [6.07, 6.45) is 1.23. The summed E-state index contributed by atoms with van der Waals surface area (Å²) in [6.45, 7) is 2.78. The van der Waals surface area contributed by atoms with E-state index in [1.54, 1.807) is 13.8 Å². The van der Waals surface area contributed by atoms with Gasteiger partial charge in [0, 0.05) is 0 Å². The number of nitrogens with one attached hydrogen (secondary N) is 3. The number of aromatic nitrogens is 3. The van der Waals surface area contributed by atoms with E-state index < -0.39 is 23.4 Å². The van der Waals surface area contributed by atoms with Gasteiger partial charge in [-0.15, -0.1) is 0 Å². The normalized spacial score (nSPS) is 17.8. The maximum atomic E-state index is 11.8. The predicted octanol–water partition coefficient (Wildman–Crippen LogP) is -0.926. The summed E-state index contributed by atoms with van der Waals surface area (Å²) in [5.74, 6) is -0.820. The molecule has 1 fully saturated rings. The third kappa shape index (κ3) is 2.14. The molecule has 0 unspecified atom stereocenters. The van der Waals surface area contributed by atoms with Gasteiger partial charge in [0.25, 0.3) is 5.91 Å². The minimum absolute atomic E-state index is 0.159. The first-order chi connectivity index (χ1) is 8.40. The Morgan fingerprint density at radius 1 is 1.50 bits per heavy atom. The standard InChI is InChI=1S/C9H12N6O3/c1-9(2)6(17)15(8(18)13-9)3-5(16)12-7-10-4-11-14-7/h4H,3H2,1-2H3,(H,13,18)(H2,10,11,12,14,16). The Labute approximate surface area is 102 Å². The topological polar surface area (TPSA) is 120 Å². The fourth-order valence-electron chi connectivity index (χ4n) is 1.54. The molecule has 0 bridgehead atoms. The fraction of sp³-hybridized carbons (Fsp3) is 0.444. The summed E-state index contributed by atoms with van der Waals surface area (Å²) in [6, 6.07) is -0.585. The maximum Gasteiger partial charge on any atom is 0.325 e. The van der Waals surface area contributed by atoms with Crippen LogP contribution < -0.4 is 10.6 Å². The molecular weight excluding hydrogens is 240 g/mol. The van der Waals surface area contributed by atoms with Crippen LogP contribution in [-0.2, 0) is 9.59 Å². The van der Waals surface area contributed by atoms with Crippen LogP contribution in [0.4, 0.5) is 10.7 Å². The van der Waals surface area contributed by atoms with Crippen molar-refractivity contribution in [2.45, 2.75) is 19.4 Å². The van der Waals surface area contributed by atoms with Crippen molar-refractivity contribution in [1.82, 2.24) is 25.4 Å². The molecule has 1 aliphatic rings. The number of imide groups is 1. The van der Waals surface area contributed by atoms with Crippen molar-refractivity contribution in [3.63, 3.8) is 0 Å². The second kappa shape index (κ2) is 4.09. The Kier molecular flexibility index (Phi) is 2.73. The third-order valence-corrected chi connectivity index (χ3v) is 2.42. The van der Waals surface area contributed by atoms with Crippen LogP contribution in [0.15, 0.2) is 6.33 Å². The zero-order valence-corrected chi connectivity index (χ0v) is 9.85. The van der Waals surface area contributed by atoms with E-state index in [4.69, 9.17) is 0 Å². The Morgan fingerprint density at radius 3 is 2.72 bits per heavy atom. The van der Waals surface area contributed by atoms with Crippen molar-refractivity contribution in [3.05, 3.63) is 6.33 Å². The summed E-state index contributed by atoms with van der Waals surface area (Å²) in [4.78, 5) is 39.5. The molecule has 18 heavy (non-hydrogen) atoms. The van der Waals surface area contributed by atoms with Gasteiger partial charge in [-0.2, -0.15) is 10.1 Å². The lowest BCUT2D eigenvalue weighted by Crippen LogP contribution is -2.41. The van der Waals surface area contributed by atoms with Crippen LogP contribution in [0.25, 0.3) is 0 Å². The number of hydrogen-bond acceptors (Lipinski definition) is 5. The molecule has 1 aliphatic heterocycles. The first-order valence-corrected chi connectivity index (χ1v) is 5.19. The lowest BCUT2D eigenvalue weighted by atomic mass is 10.1. The van der Waals surface area contributed by atoms with Gasteiger partial charge in [-0.05, 0) is 13.8 Å². The Balaban J connectivity index is 2.00. The van der Waals surface area contributed by atoms with E-state index in [0.717, 1.165) is 4.90 Å². The molecular formula is C9H12N6O3. The van der Waals surface area contributed by atoms with Crippen LogP contribution in [0.3, 0.4) is 0 Å². The summed E-state index contributed by atoms with van der Waals surface area (Å²) in [5.41, 5.74) is -0.983. The largest absolute Gasteiger partial charge is 0.325 e. The SMILES string of the molecule is CC1(C)NC(=O)N(CC(=O)Nc2ncn[nH]2)C1=O. The molecule has 1 aromatic heterocycles. The van der Waals surface area contributed by atoms with Gasteiger partial charge in [0.15, 0.2) is 0 Å². The highest BCUT2D eigenvalue weighted by molar-refractivity contribution is 6.09. The van der Waals surface area contributed by atoms with Crippen molar-refractivity contribution in [1.29, 1.82) is 0 Å². The number of rotatable bonds is 3. The van der Waals surface area contributed by atoms with Gasteiger partial charge >= 0.3 is 6.03 Å². The van der Waals surface area contributed by atoms with E-state index >= 15 is 0 Å². The first kappa shape index (κ1) is 12.0. The number of carbonyl (C=O) groups excluding carboxylic acids is 3. The summed E-state index contributed by atoms with van der Waals surface area (Å²) in [7, 11) is 0. The van der Waals surface area contributed by atoms with E-state index in [0.29, 0.717) is 0 Å². The maximum absolute atomic E-state index is 11.8. The number of aromatic amines is 1. The smallest absolute Gasteiger partial charge is 0.324 e. The van der Waals surface area contributed by atoms with Gasteiger partial charge in [0.2, 0.25) is 11.9 Å². The molecule has 9 heteroatoms. The Bertz CT molecular complexity index is 494. The summed E-state index contributed by atoms with van der Waals surface area (Å²) in [5, 5.41) is 10.8. The van der Waals surface area contributed by atoms with Crippen LogP contribution in [0.2, 0.25) is 0 Å². The highest BCUT2D eigenvalue weighted by atomic mass is 16.2. The fourth-order valence-corrected chi connectivity index (χ4v) is 1.54. The molecule has 2 rings (SSSR count). The van der Waals surface area contributed by atoms with Crippen LogP contribution in [0.1, 0.15) is 13.8 Å². The molecule has 96 valence electrons. The molecule has 0 spiro atoms. The van der Waals surface area contributed by atoms with Gasteiger partial charge in [0.05, 0.1) is 0 Å². The lowest BCUT2D eigenvalue weighted by Gasteiger charge is -2.15. The average Bonchev–Trinajstić information content (AvgIpc) is 2.82. The highest BCUT2D eigenvalue weighted by Gasteiger charge is 2.44. The number of carbonyl (C=O) groups is 3. The molecule has 0 aromatic carbocycles. The minimum Gasteiger partial charge on any atom is -0.324 e. The quantitative estimate of drug-likeness (QED) is 0.600. The van der Waals surface area contributed by atoms with E-state index in [9.17, 15) is 14.4 Å². The second-order valence-electron chi connectivity index (χ2n) is 4.33. The number of urea groups is 1. The molecule has 4 amide bonds. The molecule has 2 heterocycles. The molecule has 0 atom stereocenters. The van der Waals surface area contributed by atoms with Gasteiger partial charge < -0.3 is 5.32 Å². The van der Waals surface area contributed by atoms with Crippen molar-refractivity contribution < 1.29 is 14.4 Å². The summed E-state index contributed by atoms with van der Waals surface area (Å²) >= 11 is 0.